The van der Waals surface area contributed by atoms with Gasteiger partial charge < -0.3 is 20.7 Å². The zero-order valence-electron chi connectivity index (χ0n) is 15.9. The van der Waals surface area contributed by atoms with Crippen LogP contribution in [0.2, 0.25) is 0 Å². The van der Waals surface area contributed by atoms with Gasteiger partial charge in [0.1, 0.15) is 5.75 Å². The van der Waals surface area contributed by atoms with Gasteiger partial charge in [0, 0.05) is 11.3 Å². The van der Waals surface area contributed by atoms with Crippen LogP contribution in [0.15, 0.2) is 48.5 Å². The molecule has 0 unspecified atom stereocenters. The maximum Gasteiger partial charge on any atom is 0.255 e. The Morgan fingerprint density at radius 2 is 1.70 bits per heavy atom. The summed E-state index contributed by atoms with van der Waals surface area (Å²) in [6.45, 7) is 3.26. The van der Waals surface area contributed by atoms with E-state index in [1.807, 2.05) is 12.1 Å². The van der Waals surface area contributed by atoms with E-state index in [0.717, 1.165) is 25.8 Å². The lowest BCUT2D eigenvalue weighted by atomic mass is 10.2. The van der Waals surface area contributed by atoms with Crippen LogP contribution < -0.4 is 20.7 Å². The molecular weight excluding hydrogens is 342 g/mol. The Labute approximate surface area is 160 Å². The molecular formula is C21H27N3O3. The highest BCUT2D eigenvalue weighted by Gasteiger charge is 2.10. The van der Waals surface area contributed by atoms with Gasteiger partial charge in [0.15, 0.2) is 0 Å². The zero-order valence-corrected chi connectivity index (χ0v) is 15.9. The summed E-state index contributed by atoms with van der Waals surface area (Å²) < 4.78 is 5.23. The highest BCUT2D eigenvalue weighted by atomic mass is 16.5. The van der Waals surface area contributed by atoms with Crippen LogP contribution in [-0.4, -0.2) is 32.0 Å². The summed E-state index contributed by atoms with van der Waals surface area (Å²) in [6, 6.07) is 14.0. The molecule has 6 nitrogen and oxygen atoms in total. The van der Waals surface area contributed by atoms with Gasteiger partial charge in [-0.25, -0.2) is 0 Å². The highest BCUT2D eigenvalue weighted by Crippen LogP contribution is 2.23. The van der Waals surface area contributed by atoms with Gasteiger partial charge in [-0.3, -0.25) is 9.59 Å². The standard InChI is InChI=1S/C21H27N3O3/c1-3-4-7-14-22-15-20(25)23-17-12-10-16(11-13-17)21(26)24-18-8-5-6-9-19(18)27-2/h5-6,8-13,22H,3-4,7,14-15H2,1-2H3,(H,23,25)(H,24,26). The number of carbonyl (C=O) groups is 2. The second kappa shape index (κ2) is 11.0. The minimum absolute atomic E-state index is 0.0993. The molecule has 0 heterocycles. The number of amides is 2. The molecule has 2 amide bonds. The van der Waals surface area contributed by atoms with E-state index in [1.54, 1.807) is 43.5 Å². The van der Waals surface area contributed by atoms with Crippen LogP contribution in [0.5, 0.6) is 5.75 Å². The van der Waals surface area contributed by atoms with E-state index in [1.165, 1.54) is 0 Å². The number of unbranched alkanes of at least 4 members (excludes halogenated alkanes) is 2. The molecule has 0 saturated carbocycles. The predicted octanol–water partition coefficient (Wildman–Crippen LogP) is 3.67. The van der Waals surface area contributed by atoms with Gasteiger partial charge in [-0.05, 0) is 49.4 Å². The number of hydrogen-bond donors (Lipinski definition) is 3. The number of anilines is 2. The summed E-state index contributed by atoms with van der Waals surface area (Å²) in [7, 11) is 1.56. The van der Waals surface area contributed by atoms with Crippen molar-refractivity contribution < 1.29 is 14.3 Å². The maximum atomic E-state index is 12.4. The molecule has 0 atom stereocenters. The second-order valence-corrected chi connectivity index (χ2v) is 6.16. The molecule has 2 rings (SSSR count). The molecule has 27 heavy (non-hydrogen) atoms. The Morgan fingerprint density at radius 1 is 0.963 bits per heavy atom. The molecule has 0 aliphatic rings. The predicted molar refractivity (Wildman–Crippen MR) is 108 cm³/mol. The Hall–Kier alpha value is -2.86. The van der Waals surface area contributed by atoms with E-state index in [-0.39, 0.29) is 18.4 Å². The lowest BCUT2D eigenvalue weighted by Gasteiger charge is -2.10. The number of methoxy groups -OCH3 is 1. The third-order valence-electron chi connectivity index (χ3n) is 4.03. The molecule has 3 N–H and O–H groups in total. The zero-order chi connectivity index (χ0) is 19.5. The van der Waals surface area contributed by atoms with Crippen LogP contribution in [-0.2, 0) is 4.79 Å². The van der Waals surface area contributed by atoms with E-state index in [2.05, 4.69) is 22.9 Å². The number of para-hydroxylation sites is 2. The summed E-state index contributed by atoms with van der Waals surface area (Å²) >= 11 is 0. The number of nitrogens with one attached hydrogen (secondary N) is 3. The van der Waals surface area contributed by atoms with Gasteiger partial charge in [0.25, 0.3) is 5.91 Å². The van der Waals surface area contributed by atoms with Crippen LogP contribution in [0.1, 0.15) is 36.5 Å². The molecule has 0 aromatic heterocycles. The van der Waals surface area contributed by atoms with Gasteiger partial charge in [0.05, 0.1) is 19.3 Å². The minimum Gasteiger partial charge on any atom is -0.495 e. The van der Waals surface area contributed by atoms with E-state index < -0.39 is 0 Å². The average Bonchev–Trinajstić information content (AvgIpc) is 2.68. The monoisotopic (exact) mass is 369 g/mol. The first-order valence-electron chi connectivity index (χ1n) is 9.19. The molecule has 6 heteroatoms. The minimum atomic E-state index is -0.241. The normalized spacial score (nSPS) is 10.3. The fraction of sp³-hybridized carbons (Fsp3) is 0.333. The van der Waals surface area contributed by atoms with Crippen molar-refractivity contribution in [2.45, 2.75) is 26.2 Å². The molecule has 2 aromatic rings. The number of rotatable bonds is 10. The van der Waals surface area contributed by atoms with E-state index in [9.17, 15) is 9.59 Å². The maximum absolute atomic E-state index is 12.4. The lowest BCUT2D eigenvalue weighted by molar-refractivity contribution is -0.115. The number of carbonyl (C=O) groups excluding carboxylic acids is 2. The number of hydrogen-bond acceptors (Lipinski definition) is 4. The van der Waals surface area contributed by atoms with Crippen LogP contribution in [0, 0.1) is 0 Å². The largest absolute Gasteiger partial charge is 0.495 e. The van der Waals surface area contributed by atoms with Crippen molar-refractivity contribution >= 4 is 23.2 Å². The van der Waals surface area contributed by atoms with Gasteiger partial charge in [-0.1, -0.05) is 31.9 Å². The average molecular weight is 369 g/mol. The number of benzene rings is 2. The van der Waals surface area contributed by atoms with Gasteiger partial charge in [-0.15, -0.1) is 0 Å². The van der Waals surface area contributed by atoms with Crippen molar-refractivity contribution in [3.63, 3.8) is 0 Å². The van der Waals surface area contributed by atoms with E-state index >= 15 is 0 Å². The van der Waals surface area contributed by atoms with Gasteiger partial charge in [0.2, 0.25) is 5.91 Å². The Balaban J connectivity index is 1.85. The van der Waals surface area contributed by atoms with Gasteiger partial charge in [-0.2, -0.15) is 0 Å². The summed E-state index contributed by atoms with van der Waals surface area (Å²) in [5.41, 5.74) is 1.76. The van der Waals surface area contributed by atoms with E-state index in [4.69, 9.17) is 4.74 Å². The van der Waals surface area contributed by atoms with Crippen molar-refractivity contribution in [1.82, 2.24) is 5.32 Å². The quantitative estimate of drug-likeness (QED) is 0.558. The first-order valence-corrected chi connectivity index (χ1v) is 9.19. The molecule has 0 radical (unpaired) electrons. The van der Waals surface area contributed by atoms with Crippen molar-refractivity contribution in [2.24, 2.45) is 0 Å². The van der Waals surface area contributed by atoms with E-state index in [0.29, 0.717) is 22.7 Å². The Kier molecular flexibility index (Phi) is 8.32. The van der Waals surface area contributed by atoms with Crippen molar-refractivity contribution in [2.75, 3.05) is 30.8 Å². The van der Waals surface area contributed by atoms with Gasteiger partial charge >= 0.3 is 0 Å². The summed E-state index contributed by atoms with van der Waals surface area (Å²) in [6.07, 6.45) is 3.39. The Morgan fingerprint density at radius 3 is 2.41 bits per heavy atom. The molecule has 0 fully saturated rings. The van der Waals surface area contributed by atoms with Crippen molar-refractivity contribution in [1.29, 1.82) is 0 Å². The van der Waals surface area contributed by atoms with Crippen LogP contribution in [0.3, 0.4) is 0 Å². The third kappa shape index (κ3) is 6.75. The SMILES string of the molecule is CCCCCNCC(=O)Nc1ccc(C(=O)Nc2ccccc2OC)cc1. The molecule has 0 saturated heterocycles. The first-order chi connectivity index (χ1) is 13.1. The van der Waals surface area contributed by atoms with Crippen molar-refractivity contribution in [3.8, 4) is 5.75 Å². The third-order valence-corrected chi connectivity index (χ3v) is 4.03. The Bertz CT molecular complexity index is 745. The molecule has 0 bridgehead atoms. The molecule has 0 aliphatic carbocycles. The molecule has 144 valence electrons. The summed E-state index contributed by atoms with van der Waals surface area (Å²) in [4.78, 5) is 24.3. The topological polar surface area (TPSA) is 79.5 Å². The van der Waals surface area contributed by atoms with Crippen LogP contribution in [0.25, 0.3) is 0 Å². The van der Waals surface area contributed by atoms with Crippen LogP contribution in [0.4, 0.5) is 11.4 Å². The fourth-order valence-corrected chi connectivity index (χ4v) is 2.55. The first kappa shape index (κ1) is 20.5. The van der Waals surface area contributed by atoms with Crippen LogP contribution >= 0.6 is 0 Å². The lowest BCUT2D eigenvalue weighted by Crippen LogP contribution is -2.28. The summed E-state index contributed by atoms with van der Waals surface area (Å²) in [5, 5.41) is 8.75. The molecule has 2 aromatic carbocycles. The second-order valence-electron chi connectivity index (χ2n) is 6.16. The molecule has 0 spiro atoms. The van der Waals surface area contributed by atoms with Crippen molar-refractivity contribution in [3.05, 3.63) is 54.1 Å². The number of ether oxygens (including phenoxy) is 1. The molecule has 0 aliphatic heterocycles. The summed E-state index contributed by atoms with van der Waals surface area (Å²) in [5.74, 6) is 0.258. The fourth-order valence-electron chi connectivity index (χ4n) is 2.55. The highest BCUT2D eigenvalue weighted by molar-refractivity contribution is 6.05. The smallest absolute Gasteiger partial charge is 0.255 e.